The van der Waals surface area contributed by atoms with Gasteiger partial charge in [-0.3, -0.25) is 4.79 Å². The number of aliphatic hydroxyl groups is 1. The Kier molecular flexibility index (Phi) is 3.16. The van der Waals surface area contributed by atoms with Crippen molar-refractivity contribution < 1.29 is 9.90 Å². The van der Waals surface area contributed by atoms with E-state index in [1.54, 1.807) is 0 Å². The minimum absolute atomic E-state index is 0.125. The van der Waals surface area contributed by atoms with Crippen molar-refractivity contribution >= 4 is 5.78 Å². The zero-order valence-corrected chi connectivity index (χ0v) is 14.5. The second kappa shape index (κ2) is 4.59. The van der Waals surface area contributed by atoms with Crippen molar-refractivity contribution in [2.75, 3.05) is 6.61 Å². The molecule has 22 heavy (non-hydrogen) atoms. The van der Waals surface area contributed by atoms with Gasteiger partial charge in [0.1, 0.15) is 5.78 Å². The number of ketones is 1. The van der Waals surface area contributed by atoms with Crippen LogP contribution in [0.15, 0.2) is 0 Å². The Labute approximate surface area is 135 Å². The van der Waals surface area contributed by atoms with Crippen LogP contribution in [0.4, 0.5) is 0 Å². The molecule has 2 nitrogen and oxygen atoms in total. The third-order valence-electron chi connectivity index (χ3n) is 8.81. The maximum atomic E-state index is 12.5. The summed E-state index contributed by atoms with van der Waals surface area (Å²) in [4.78, 5) is 12.5. The molecule has 0 aliphatic heterocycles. The average Bonchev–Trinajstić information content (AvgIpc) is 2.74. The first-order valence-corrected chi connectivity index (χ1v) is 9.48. The van der Waals surface area contributed by atoms with Crippen LogP contribution in [0.25, 0.3) is 0 Å². The summed E-state index contributed by atoms with van der Waals surface area (Å²) in [5.74, 6) is 3.20. The summed E-state index contributed by atoms with van der Waals surface area (Å²) >= 11 is 0. The van der Waals surface area contributed by atoms with Crippen LogP contribution >= 0.6 is 0 Å². The van der Waals surface area contributed by atoms with Gasteiger partial charge in [-0.15, -0.1) is 0 Å². The summed E-state index contributed by atoms with van der Waals surface area (Å²) < 4.78 is 0. The Hall–Kier alpha value is -0.370. The smallest absolute Gasteiger partial charge is 0.138 e. The van der Waals surface area contributed by atoms with E-state index < -0.39 is 0 Å². The summed E-state index contributed by atoms with van der Waals surface area (Å²) in [5, 5.41) is 9.77. The van der Waals surface area contributed by atoms with Crippen molar-refractivity contribution in [1.82, 2.24) is 0 Å². The molecule has 2 heteroatoms. The third kappa shape index (κ3) is 1.74. The van der Waals surface area contributed by atoms with Crippen molar-refractivity contribution in [2.45, 2.75) is 72.1 Å². The number of hydrogen-bond donors (Lipinski definition) is 1. The lowest BCUT2D eigenvalue weighted by molar-refractivity contribution is -0.165. The van der Waals surface area contributed by atoms with Gasteiger partial charge in [0, 0.05) is 18.4 Å². The first-order chi connectivity index (χ1) is 10.3. The second-order valence-electron chi connectivity index (χ2n) is 9.85. The van der Waals surface area contributed by atoms with Crippen LogP contribution in [-0.4, -0.2) is 17.5 Å². The van der Waals surface area contributed by atoms with Gasteiger partial charge < -0.3 is 5.11 Å². The van der Waals surface area contributed by atoms with Gasteiger partial charge >= 0.3 is 0 Å². The number of fused-ring (bicyclic) bond motifs is 3. The molecule has 1 N–H and O–H groups in total. The Balaban J connectivity index is 1.71. The zero-order chi connectivity index (χ0) is 15.8. The van der Waals surface area contributed by atoms with Gasteiger partial charge in [0.25, 0.3) is 0 Å². The Morgan fingerprint density at radius 1 is 1.05 bits per heavy atom. The Morgan fingerprint density at radius 3 is 2.55 bits per heavy atom. The van der Waals surface area contributed by atoms with Crippen LogP contribution in [0, 0.1) is 39.9 Å². The highest BCUT2D eigenvalue weighted by molar-refractivity contribution is 5.85. The van der Waals surface area contributed by atoms with Crippen molar-refractivity contribution in [3.05, 3.63) is 0 Å². The van der Waals surface area contributed by atoms with Gasteiger partial charge in [-0.1, -0.05) is 20.8 Å². The van der Waals surface area contributed by atoms with Gasteiger partial charge in [0.05, 0.1) is 0 Å². The van der Waals surface area contributed by atoms with E-state index in [2.05, 4.69) is 20.8 Å². The van der Waals surface area contributed by atoms with Crippen LogP contribution in [0.5, 0.6) is 0 Å². The zero-order valence-electron chi connectivity index (χ0n) is 14.5. The molecule has 2 unspecified atom stereocenters. The topological polar surface area (TPSA) is 37.3 Å². The lowest BCUT2D eigenvalue weighted by Gasteiger charge is -2.63. The van der Waals surface area contributed by atoms with Crippen LogP contribution in [-0.2, 0) is 4.79 Å². The second-order valence-corrected chi connectivity index (χ2v) is 9.85. The number of Topliss-reactive ketones (excluding diaryl/α,β-unsaturated/α-hetero) is 1. The molecule has 4 aliphatic carbocycles. The van der Waals surface area contributed by atoms with Crippen molar-refractivity contribution in [3.8, 4) is 0 Å². The molecule has 4 saturated carbocycles. The van der Waals surface area contributed by atoms with E-state index in [0.717, 1.165) is 24.7 Å². The molecule has 124 valence electrons. The largest absolute Gasteiger partial charge is 0.396 e. The SMILES string of the molecule is CC1(C)C(=O)CC[C@@]2(C)[C@@H]3CCC4CC3(CC[C@H]12)C[C@@H]4CO. The number of aliphatic hydroxyl groups excluding tert-OH is 1. The van der Waals surface area contributed by atoms with E-state index in [1.165, 1.54) is 38.5 Å². The van der Waals surface area contributed by atoms with Crippen LogP contribution in [0.3, 0.4) is 0 Å². The molecule has 4 fully saturated rings. The van der Waals surface area contributed by atoms with E-state index in [9.17, 15) is 9.90 Å². The molecule has 4 aliphatic rings. The molecule has 0 radical (unpaired) electrons. The van der Waals surface area contributed by atoms with E-state index in [1.807, 2.05) is 0 Å². The number of hydrogen-bond acceptors (Lipinski definition) is 2. The monoisotopic (exact) mass is 304 g/mol. The molecular weight excluding hydrogens is 272 g/mol. The summed E-state index contributed by atoms with van der Waals surface area (Å²) in [5.41, 5.74) is 0.726. The molecule has 0 aromatic heterocycles. The van der Waals surface area contributed by atoms with E-state index >= 15 is 0 Å². The lowest BCUT2D eigenvalue weighted by Crippen LogP contribution is -2.58. The maximum absolute atomic E-state index is 12.5. The van der Waals surface area contributed by atoms with Crippen LogP contribution in [0.2, 0.25) is 0 Å². The predicted molar refractivity (Wildman–Crippen MR) is 87.3 cm³/mol. The Morgan fingerprint density at radius 2 is 1.82 bits per heavy atom. The fourth-order valence-corrected chi connectivity index (χ4v) is 7.83. The van der Waals surface area contributed by atoms with Crippen molar-refractivity contribution in [2.24, 2.45) is 39.9 Å². The molecule has 0 aromatic rings. The average molecular weight is 304 g/mol. The highest BCUT2D eigenvalue weighted by Gasteiger charge is 2.65. The molecule has 1 spiro atoms. The number of carbonyl (C=O) groups excluding carboxylic acids is 1. The van der Waals surface area contributed by atoms with Gasteiger partial charge in [-0.2, -0.15) is 0 Å². The first-order valence-electron chi connectivity index (χ1n) is 9.48. The predicted octanol–water partition coefficient (Wildman–Crippen LogP) is 4.21. The number of carbonyl (C=O) groups is 1. The molecule has 0 aromatic carbocycles. The standard InChI is InChI=1S/C20H32O2/c1-18(2)15-6-9-20-10-13(14(11-20)12-21)4-5-16(20)19(15,3)8-7-17(18)22/h13-16,21H,4-12H2,1-3H3/t13?,14-,15-,16+,19-,20?/m1/s1. The van der Waals surface area contributed by atoms with E-state index in [4.69, 9.17) is 0 Å². The minimum Gasteiger partial charge on any atom is -0.396 e. The summed E-state index contributed by atoms with van der Waals surface area (Å²) in [6.07, 6.45) is 9.72. The number of rotatable bonds is 1. The highest BCUT2D eigenvalue weighted by atomic mass is 16.3. The fraction of sp³-hybridized carbons (Fsp3) is 0.950. The first kappa shape index (κ1) is 15.2. The maximum Gasteiger partial charge on any atom is 0.138 e. The molecule has 0 heterocycles. The van der Waals surface area contributed by atoms with Gasteiger partial charge in [-0.25, -0.2) is 0 Å². The van der Waals surface area contributed by atoms with Crippen LogP contribution < -0.4 is 0 Å². The van der Waals surface area contributed by atoms with Crippen LogP contribution in [0.1, 0.15) is 72.1 Å². The normalized spacial score (nSPS) is 53.0. The summed E-state index contributed by atoms with van der Waals surface area (Å²) in [7, 11) is 0. The molecule has 0 amide bonds. The molecule has 6 atom stereocenters. The molecular formula is C20H32O2. The Bertz CT molecular complexity index is 496. The van der Waals surface area contributed by atoms with Gasteiger partial charge in [-0.05, 0) is 79.4 Å². The minimum atomic E-state index is -0.125. The molecule has 4 rings (SSSR count). The van der Waals surface area contributed by atoms with Gasteiger partial charge in [0.15, 0.2) is 0 Å². The summed E-state index contributed by atoms with van der Waals surface area (Å²) in [6, 6.07) is 0. The quantitative estimate of drug-likeness (QED) is 0.788. The summed E-state index contributed by atoms with van der Waals surface area (Å²) in [6.45, 7) is 7.34. The van der Waals surface area contributed by atoms with E-state index in [-0.39, 0.29) is 5.41 Å². The van der Waals surface area contributed by atoms with E-state index in [0.29, 0.717) is 35.1 Å². The van der Waals surface area contributed by atoms with Gasteiger partial charge in [0.2, 0.25) is 0 Å². The van der Waals surface area contributed by atoms with Crippen molar-refractivity contribution in [1.29, 1.82) is 0 Å². The third-order valence-corrected chi connectivity index (χ3v) is 8.81. The highest BCUT2D eigenvalue weighted by Crippen LogP contribution is 2.71. The van der Waals surface area contributed by atoms with Crippen molar-refractivity contribution in [3.63, 3.8) is 0 Å². The molecule has 0 saturated heterocycles. The molecule has 2 bridgehead atoms. The lowest BCUT2D eigenvalue weighted by atomic mass is 9.41. The fourth-order valence-electron chi connectivity index (χ4n) is 7.83.